The standard InChI is InChI=1S/C13H25NO2/c1-11(13(15)16-2)10-14-12-8-6-4-3-5-7-9-12/h11-12,14H,3-10H2,1-2H3/t11-/m0/s1. The molecule has 1 rings (SSSR count). The molecular formula is C13H25NO2. The molecule has 94 valence electrons. The summed E-state index contributed by atoms with van der Waals surface area (Å²) in [5, 5.41) is 3.50. The van der Waals surface area contributed by atoms with Crippen molar-refractivity contribution in [1.29, 1.82) is 0 Å². The maximum atomic E-state index is 11.2. The van der Waals surface area contributed by atoms with E-state index in [2.05, 4.69) is 5.32 Å². The summed E-state index contributed by atoms with van der Waals surface area (Å²) >= 11 is 0. The average molecular weight is 227 g/mol. The van der Waals surface area contributed by atoms with Crippen LogP contribution in [0.4, 0.5) is 0 Å². The van der Waals surface area contributed by atoms with Gasteiger partial charge >= 0.3 is 5.97 Å². The fourth-order valence-corrected chi connectivity index (χ4v) is 2.29. The Morgan fingerprint density at radius 2 is 1.81 bits per heavy atom. The van der Waals surface area contributed by atoms with Crippen molar-refractivity contribution >= 4 is 5.97 Å². The molecule has 0 aromatic carbocycles. The van der Waals surface area contributed by atoms with Gasteiger partial charge in [0.25, 0.3) is 0 Å². The molecule has 0 amide bonds. The number of nitrogens with one attached hydrogen (secondary N) is 1. The number of rotatable bonds is 4. The van der Waals surface area contributed by atoms with Crippen LogP contribution in [-0.2, 0) is 9.53 Å². The number of esters is 1. The molecule has 1 N–H and O–H groups in total. The van der Waals surface area contributed by atoms with E-state index in [1.165, 1.54) is 52.1 Å². The minimum Gasteiger partial charge on any atom is -0.469 e. The summed E-state index contributed by atoms with van der Waals surface area (Å²) in [5.41, 5.74) is 0. The smallest absolute Gasteiger partial charge is 0.309 e. The van der Waals surface area contributed by atoms with Crippen molar-refractivity contribution in [3.63, 3.8) is 0 Å². The highest BCUT2D eigenvalue weighted by Gasteiger charge is 2.16. The molecule has 0 aromatic heterocycles. The molecule has 0 spiro atoms. The van der Waals surface area contributed by atoms with Crippen LogP contribution < -0.4 is 5.32 Å². The van der Waals surface area contributed by atoms with Crippen LogP contribution in [0.15, 0.2) is 0 Å². The van der Waals surface area contributed by atoms with Crippen molar-refractivity contribution in [3.8, 4) is 0 Å². The third-order valence-corrected chi connectivity index (χ3v) is 3.42. The third kappa shape index (κ3) is 4.97. The molecule has 3 heteroatoms. The van der Waals surface area contributed by atoms with Gasteiger partial charge in [-0.3, -0.25) is 4.79 Å². The largest absolute Gasteiger partial charge is 0.469 e. The van der Waals surface area contributed by atoms with Gasteiger partial charge in [-0.2, -0.15) is 0 Å². The molecule has 0 radical (unpaired) electrons. The Balaban J connectivity index is 2.21. The van der Waals surface area contributed by atoms with E-state index in [1.807, 2.05) is 6.92 Å². The van der Waals surface area contributed by atoms with E-state index >= 15 is 0 Å². The van der Waals surface area contributed by atoms with Crippen LogP contribution in [0, 0.1) is 5.92 Å². The topological polar surface area (TPSA) is 38.3 Å². The Labute approximate surface area is 98.9 Å². The number of carbonyl (C=O) groups excluding carboxylic acids is 1. The number of hydrogen-bond donors (Lipinski definition) is 1. The van der Waals surface area contributed by atoms with E-state index in [0.717, 1.165) is 6.54 Å². The van der Waals surface area contributed by atoms with Crippen LogP contribution in [0.3, 0.4) is 0 Å². The fraction of sp³-hybridized carbons (Fsp3) is 0.923. The second-order valence-electron chi connectivity index (χ2n) is 4.87. The minimum absolute atomic E-state index is 0.0320. The number of methoxy groups -OCH3 is 1. The summed E-state index contributed by atoms with van der Waals surface area (Å²) in [6, 6.07) is 0.604. The zero-order valence-corrected chi connectivity index (χ0v) is 10.6. The van der Waals surface area contributed by atoms with Gasteiger partial charge < -0.3 is 10.1 Å². The van der Waals surface area contributed by atoms with Crippen LogP contribution in [0.5, 0.6) is 0 Å². The van der Waals surface area contributed by atoms with Gasteiger partial charge in [0, 0.05) is 12.6 Å². The summed E-state index contributed by atoms with van der Waals surface area (Å²) in [4.78, 5) is 11.2. The monoisotopic (exact) mass is 227 g/mol. The summed E-state index contributed by atoms with van der Waals surface area (Å²) in [7, 11) is 1.45. The highest BCUT2D eigenvalue weighted by Crippen LogP contribution is 2.17. The molecule has 1 fully saturated rings. The summed E-state index contributed by atoms with van der Waals surface area (Å²) in [6.45, 7) is 2.67. The van der Waals surface area contributed by atoms with E-state index in [9.17, 15) is 4.79 Å². The lowest BCUT2D eigenvalue weighted by Gasteiger charge is -2.22. The number of hydrogen-bond acceptors (Lipinski definition) is 3. The predicted octanol–water partition coefficient (Wildman–Crippen LogP) is 2.50. The summed E-state index contributed by atoms with van der Waals surface area (Å²) in [6.07, 6.45) is 9.29. The van der Waals surface area contributed by atoms with Crippen molar-refractivity contribution in [2.45, 2.75) is 57.9 Å². The first-order chi connectivity index (χ1) is 7.74. The van der Waals surface area contributed by atoms with Crippen LogP contribution in [0.25, 0.3) is 0 Å². The van der Waals surface area contributed by atoms with E-state index in [-0.39, 0.29) is 11.9 Å². The van der Waals surface area contributed by atoms with Gasteiger partial charge in [-0.25, -0.2) is 0 Å². The van der Waals surface area contributed by atoms with Crippen molar-refractivity contribution in [3.05, 3.63) is 0 Å². The highest BCUT2D eigenvalue weighted by atomic mass is 16.5. The number of carbonyl (C=O) groups is 1. The van der Waals surface area contributed by atoms with Gasteiger partial charge in [0.05, 0.1) is 13.0 Å². The fourth-order valence-electron chi connectivity index (χ4n) is 2.29. The molecule has 0 unspecified atom stereocenters. The maximum absolute atomic E-state index is 11.2. The molecular weight excluding hydrogens is 202 g/mol. The first-order valence-electron chi connectivity index (χ1n) is 6.55. The predicted molar refractivity (Wildman–Crippen MR) is 65.3 cm³/mol. The lowest BCUT2D eigenvalue weighted by Crippen LogP contribution is -2.35. The van der Waals surface area contributed by atoms with E-state index in [4.69, 9.17) is 4.74 Å². The summed E-state index contributed by atoms with van der Waals surface area (Å²) < 4.78 is 4.72. The van der Waals surface area contributed by atoms with Crippen LogP contribution in [0.2, 0.25) is 0 Å². The van der Waals surface area contributed by atoms with Gasteiger partial charge in [-0.05, 0) is 12.8 Å². The van der Waals surface area contributed by atoms with E-state index in [1.54, 1.807) is 0 Å². The van der Waals surface area contributed by atoms with Crippen molar-refractivity contribution in [2.24, 2.45) is 5.92 Å². The normalized spacial score (nSPS) is 20.9. The molecule has 0 heterocycles. The third-order valence-electron chi connectivity index (χ3n) is 3.42. The highest BCUT2D eigenvalue weighted by molar-refractivity contribution is 5.72. The minimum atomic E-state index is -0.113. The molecule has 1 aliphatic carbocycles. The summed E-state index contributed by atoms with van der Waals surface area (Å²) in [5.74, 6) is -0.145. The zero-order valence-electron chi connectivity index (χ0n) is 10.6. The van der Waals surface area contributed by atoms with Gasteiger partial charge in [-0.1, -0.05) is 39.0 Å². The Bertz CT molecular complexity index is 198. The molecule has 1 saturated carbocycles. The molecule has 0 aliphatic heterocycles. The second kappa shape index (κ2) is 7.66. The zero-order chi connectivity index (χ0) is 11.8. The van der Waals surface area contributed by atoms with Crippen LogP contribution in [-0.4, -0.2) is 25.7 Å². The quantitative estimate of drug-likeness (QED) is 0.750. The lowest BCUT2D eigenvalue weighted by atomic mass is 9.96. The Morgan fingerprint density at radius 1 is 1.25 bits per heavy atom. The molecule has 0 saturated heterocycles. The second-order valence-corrected chi connectivity index (χ2v) is 4.87. The molecule has 0 bridgehead atoms. The SMILES string of the molecule is COC(=O)[C@@H](C)CNC1CCCCCCC1. The first-order valence-corrected chi connectivity index (χ1v) is 6.55. The number of ether oxygens (including phenoxy) is 1. The van der Waals surface area contributed by atoms with Crippen molar-refractivity contribution in [1.82, 2.24) is 5.32 Å². The molecule has 1 atom stereocenters. The van der Waals surface area contributed by atoms with Crippen molar-refractivity contribution in [2.75, 3.05) is 13.7 Å². The molecule has 1 aliphatic rings. The molecule has 0 aromatic rings. The average Bonchev–Trinajstić information content (AvgIpc) is 2.26. The van der Waals surface area contributed by atoms with Gasteiger partial charge in [-0.15, -0.1) is 0 Å². The van der Waals surface area contributed by atoms with Gasteiger partial charge in [0.15, 0.2) is 0 Å². The van der Waals surface area contributed by atoms with Gasteiger partial charge in [0.1, 0.15) is 0 Å². The van der Waals surface area contributed by atoms with Crippen LogP contribution >= 0.6 is 0 Å². The Morgan fingerprint density at radius 3 is 2.38 bits per heavy atom. The Hall–Kier alpha value is -0.570. The lowest BCUT2D eigenvalue weighted by molar-refractivity contribution is -0.144. The van der Waals surface area contributed by atoms with E-state index < -0.39 is 0 Å². The van der Waals surface area contributed by atoms with Gasteiger partial charge in [0.2, 0.25) is 0 Å². The molecule has 16 heavy (non-hydrogen) atoms. The Kier molecular flexibility index (Phi) is 6.46. The van der Waals surface area contributed by atoms with E-state index in [0.29, 0.717) is 6.04 Å². The van der Waals surface area contributed by atoms with Crippen molar-refractivity contribution < 1.29 is 9.53 Å². The first kappa shape index (κ1) is 13.5. The molecule has 3 nitrogen and oxygen atoms in total. The van der Waals surface area contributed by atoms with Crippen LogP contribution in [0.1, 0.15) is 51.9 Å². The maximum Gasteiger partial charge on any atom is 0.309 e.